The number of unbranched alkanes of at least 4 members (excludes halogenated alkanes) is 1. The second-order valence-electron chi connectivity index (χ2n) is 4.75. The van der Waals surface area contributed by atoms with Gasteiger partial charge in [-0.3, -0.25) is 4.79 Å². The van der Waals surface area contributed by atoms with Crippen molar-refractivity contribution in [2.75, 3.05) is 13.2 Å². The highest BCUT2D eigenvalue weighted by atomic mass is 16.5. The summed E-state index contributed by atoms with van der Waals surface area (Å²) in [6.07, 6.45) is 6.51. The van der Waals surface area contributed by atoms with Crippen molar-refractivity contribution in [1.29, 1.82) is 0 Å². The lowest BCUT2D eigenvalue weighted by Gasteiger charge is -2.44. The minimum atomic E-state index is -0.353. The molecule has 0 aromatic rings. The fraction of sp³-hybridized carbons (Fsp3) is 0.786. The molecule has 0 spiro atoms. The summed E-state index contributed by atoms with van der Waals surface area (Å²) >= 11 is 0. The number of hydrogen-bond donors (Lipinski definition) is 0. The molecule has 0 saturated heterocycles. The van der Waals surface area contributed by atoms with Gasteiger partial charge in [-0.05, 0) is 32.6 Å². The van der Waals surface area contributed by atoms with Gasteiger partial charge in [0.05, 0.1) is 18.1 Å². The summed E-state index contributed by atoms with van der Waals surface area (Å²) < 4.78 is 10.8. The van der Waals surface area contributed by atoms with E-state index in [1.54, 1.807) is 6.08 Å². The Labute approximate surface area is 104 Å². The predicted molar refractivity (Wildman–Crippen MR) is 67.8 cm³/mol. The molecule has 0 aromatic heterocycles. The highest BCUT2D eigenvalue weighted by molar-refractivity contribution is 5.78. The van der Waals surface area contributed by atoms with E-state index >= 15 is 0 Å². The molecule has 1 aliphatic rings. The highest BCUT2D eigenvalue weighted by Crippen LogP contribution is 2.47. The van der Waals surface area contributed by atoms with Gasteiger partial charge >= 0.3 is 5.97 Å². The van der Waals surface area contributed by atoms with Crippen LogP contribution in [0.3, 0.4) is 0 Å². The number of carbonyl (C=O) groups excluding carboxylic acids is 1. The zero-order valence-corrected chi connectivity index (χ0v) is 11.0. The summed E-state index contributed by atoms with van der Waals surface area (Å²) in [6, 6.07) is 0. The van der Waals surface area contributed by atoms with Crippen LogP contribution in [-0.2, 0) is 14.3 Å². The lowest BCUT2D eigenvalue weighted by Crippen LogP contribution is -2.48. The van der Waals surface area contributed by atoms with E-state index in [2.05, 4.69) is 13.5 Å². The van der Waals surface area contributed by atoms with Gasteiger partial charge < -0.3 is 9.47 Å². The summed E-state index contributed by atoms with van der Waals surface area (Å²) in [5, 5.41) is 0. The number of carbonyl (C=O) groups is 1. The first kappa shape index (κ1) is 14.2. The van der Waals surface area contributed by atoms with E-state index in [-0.39, 0.29) is 17.5 Å². The summed E-state index contributed by atoms with van der Waals surface area (Å²) in [5.74, 6) is -0.0877. The SMILES string of the molecule is C=CCC1(C(=O)OCC)CC(OCCCC)C1. The third kappa shape index (κ3) is 3.56. The minimum Gasteiger partial charge on any atom is -0.466 e. The molecule has 98 valence electrons. The van der Waals surface area contributed by atoms with Crippen LogP contribution in [0.15, 0.2) is 12.7 Å². The van der Waals surface area contributed by atoms with Crippen molar-refractivity contribution in [2.45, 2.75) is 52.1 Å². The van der Waals surface area contributed by atoms with E-state index in [1.165, 1.54) is 0 Å². The van der Waals surface area contributed by atoms with Crippen molar-refractivity contribution in [2.24, 2.45) is 5.41 Å². The minimum absolute atomic E-state index is 0.0877. The smallest absolute Gasteiger partial charge is 0.312 e. The average Bonchev–Trinajstić information content (AvgIpc) is 2.25. The summed E-state index contributed by atoms with van der Waals surface area (Å²) in [5.41, 5.74) is -0.353. The van der Waals surface area contributed by atoms with E-state index in [9.17, 15) is 4.79 Å². The van der Waals surface area contributed by atoms with Gasteiger partial charge in [0.1, 0.15) is 0 Å². The largest absolute Gasteiger partial charge is 0.466 e. The molecule has 0 radical (unpaired) electrons. The molecule has 0 aromatic carbocycles. The van der Waals surface area contributed by atoms with Crippen LogP contribution in [0.4, 0.5) is 0 Å². The van der Waals surface area contributed by atoms with Crippen LogP contribution in [0, 0.1) is 5.41 Å². The Morgan fingerprint density at radius 2 is 2.18 bits per heavy atom. The van der Waals surface area contributed by atoms with Gasteiger partial charge in [-0.25, -0.2) is 0 Å². The third-order valence-electron chi connectivity index (χ3n) is 3.33. The van der Waals surface area contributed by atoms with Gasteiger partial charge in [0, 0.05) is 6.61 Å². The Kier molecular flexibility index (Phi) is 5.69. The maximum absolute atomic E-state index is 11.9. The number of allylic oxidation sites excluding steroid dienone is 1. The number of esters is 1. The predicted octanol–water partition coefficient (Wildman–Crippen LogP) is 3.09. The molecular weight excluding hydrogens is 216 g/mol. The Hall–Kier alpha value is -0.830. The third-order valence-corrected chi connectivity index (χ3v) is 3.33. The van der Waals surface area contributed by atoms with Crippen LogP contribution < -0.4 is 0 Å². The summed E-state index contributed by atoms with van der Waals surface area (Å²) in [4.78, 5) is 11.9. The summed E-state index contributed by atoms with van der Waals surface area (Å²) in [6.45, 7) is 8.95. The second kappa shape index (κ2) is 6.80. The van der Waals surface area contributed by atoms with Gasteiger partial charge in [-0.2, -0.15) is 0 Å². The maximum atomic E-state index is 11.9. The standard InChI is InChI=1S/C14H24O3/c1-4-7-9-17-12-10-14(11-12,8-5-2)13(15)16-6-3/h5,12H,2,4,6-11H2,1,3H3. The molecule has 0 heterocycles. The molecule has 1 aliphatic carbocycles. The fourth-order valence-corrected chi connectivity index (χ4v) is 2.30. The molecule has 0 unspecified atom stereocenters. The zero-order valence-electron chi connectivity index (χ0n) is 11.0. The van der Waals surface area contributed by atoms with Crippen molar-refractivity contribution in [1.82, 2.24) is 0 Å². The van der Waals surface area contributed by atoms with E-state index < -0.39 is 0 Å². The van der Waals surface area contributed by atoms with E-state index in [1.807, 2.05) is 6.92 Å². The van der Waals surface area contributed by atoms with Crippen LogP contribution in [-0.4, -0.2) is 25.3 Å². The molecular formula is C14H24O3. The zero-order chi connectivity index (χ0) is 12.7. The molecule has 0 N–H and O–H groups in total. The van der Waals surface area contributed by atoms with Crippen LogP contribution in [0.2, 0.25) is 0 Å². The van der Waals surface area contributed by atoms with Crippen LogP contribution >= 0.6 is 0 Å². The van der Waals surface area contributed by atoms with Crippen LogP contribution in [0.1, 0.15) is 46.0 Å². The Morgan fingerprint density at radius 1 is 1.47 bits per heavy atom. The first-order chi connectivity index (χ1) is 8.18. The molecule has 1 rings (SSSR count). The lowest BCUT2D eigenvalue weighted by atomic mass is 9.64. The normalized spacial score (nSPS) is 27.3. The Balaban J connectivity index is 2.39. The van der Waals surface area contributed by atoms with Gasteiger partial charge in [-0.15, -0.1) is 6.58 Å². The Morgan fingerprint density at radius 3 is 2.71 bits per heavy atom. The molecule has 0 amide bonds. The molecule has 1 fully saturated rings. The van der Waals surface area contributed by atoms with E-state index in [0.717, 1.165) is 32.3 Å². The van der Waals surface area contributed by atoms with Crippen LogP contribution in [0.25, 0.3) is 0 Å². The molecule has 17 heavy (non-hydrogen) atoms. The molecule has 1 saturated carbocycles. The van der Waals surface area contributed by atoms with Gasteiger partial charge in [0.2, 0.25) is 0 Å². The van der Waals surface area contributed by atoms with Gasteiger partial charge in [0.15, 0.2) is 0 Å². The van der Waals surface area contributed by atoms with E-state index in [4.69, 9.17) is 9.47 Å². The molecule has 0 bridgehead atoms. The highest BCUT2D eigenvalue weighted by Gasteiger charge is 2.50. The molecule has 3 nitrogen and oxygen atoms in total. The van der Waals surface area contributed by atoms with Gasteiger partial charge in [-0.1, -0.05) is 19.4 Å². The van der Waals surface area contributed by atoms with Crippen LogP contribution in [0.5, 0.6) is 0 Å². The fourth-order valence-electron chi connectivity index (χ4n) is 2.30. The molecule has 0 aliphatic heterocycles. The molecule has 0 atom stereocenters. The molecule has 3 heteroatoms. The number of hydrogen-bond acceptors (Lipinski definition) is 3. The first-order valence-corrected chi connectivity index (χ1v) is 6.58. The van der Waals surface area contributed by atoms with E-state index in [0.29, 0.717) is 13.0 Å². The maximum Gasteiger partial charge on any atom is 0.312 e. The van der Waals surface area contributed by atoms with Crippen molar-refractivity contribution < 1.29 is 14.3 Å². The van der Waals surface area contributed by atoms with Gasteiger partial charge in [0.25, 0.3) is 0 Å². The Bertz CT molecular complexity index is 254. The number of rotatable bonds is 8. The number of ether oxygens (including phenoxy) is 2. The first-order valence-electron chi connectivity index (χ1n) is 6.58. The topological polar surface area (TPSA) is 35.5 Å². The second-order valence-corrected chi connectivity index (χ2v) is 4.75. The van der Waals surface area contributed by atoms with Crippen molar-refractivity contribution >= 4 is 5.97 Å². The average molecular weight is 240 g/mol. The lowest BCUT2D eigenvalue weighted by molar-refractivity contribution is -0.173. The quantitative estimate of drug-likeness (QED) is 0.371. The monoisotopic (exact) mass is 240 g/mol. The summed E-state index contributed by atoms with van der Waals surface area (Å²) in [7, 11) is 0. The van der Waals surface area contributed by atoms with Crippen molar-refractivity contribution in [3.05, 3.63) is 12.7 Å². The van der Waals surface area contributed by atoms with Crippen molar-refractivity contribution in [3.8, 4) is 0 Å². The van der Waals surface area contributed by atoms with Crippen molar-refractivity contribution in [3.63, 3.8) is 0 Å².